The molecule has 0 unspecified atom stereocenters. The van der Waals surface area contributed by atoms with Crippen LogP contribution in [-0.4, -0.2) is 16.8 Å². The molecule has 0 aliphatic heterocycles. The zero-order chi connectivity index (χ0) is 14.5. The van der Waals surface area contributed by atoms with Crippen LogP contribution in [0.4, 0.5) is 5.69 Å². The number of aromatic nitrogens is 1. The molecule has 106 valence electrons. The van der Waals surface area contributed by atoms with Gasteiger partial charge in [-0.15, -0.1) is 11.8 Å². The van der Waals surface area contributed by atoms with Crippen molar-refractivity contribution in [2.75, 3.05) is 11.1 Å². The molecule has 0 spiro atoms. The van der Waals surface area contributed by atoms with Crippen molar-refractivity contribution in [1.29, 1.82) is 0 Å². The summed E-state index contributed by atoms with van der Waals surface area (Å²) in [5, 5.41) is 6.71. The highest BCUT2D eigenvalue weighted by Gasteiger charge is 2.06. The number of carbonyl (C=O) groups is 1. The lowest BCUT2D eigenvalue weighted by Crippen LogP contribution is -2.14. The van der Waals surface area contributed by atoms with Crippen molar-refractivity contribution in [2.45, 2.75) is 26.5 Å². The second-order valence-electron chi connectivity index (χ2n) is 4.77. The van der Waals surface area contributed by atoms with Crippen LogP contribution in [0.1, 0.15) is 22.6 Å². The average molecular weight is 290 g/mol. The van der Waals surface area contributed by atoms with Crippen molar-refractivity contribution in [3.8, 4) is 0 Å². The first kappa shape index (κ1) is 14.7. The lowest BCUT2D eigenvalue weighted by atomic mass is 10.1. The summed E-state index contributed by atoms with van der Waals surface area (Å²) < 4.78 is 5.09. The van der Waals surface area contributed by atoms with Gasteiger partial charge >= 0.3 is 0 Å². The van der Waals surface area contributed by atoms with Crippen LogP contribution in [0.25, 0.3) is 0 Å². The first-order valence-corrected chi connectivity index (χ1v) is 7.57. The quantitative estimate of drug-likeness (QED) is 0.916. The number of anilines is 1. The van der Waals surface area contributed by atoms with Gasteiger partial charge in [0.05, 0.1) is 17.2 Å². The first-order valence-electron chi connectivity index (χ1n) is 6.41. The molecule has 2 rings (SSSR count). The Morgan fingerprint density at radius 2 is 2.05 bits per heavy atom. The molecule has 1 heterocycles. The van der Waals surface area contributed by atoms with E-state index in [2.05, 4.69) is 17.4 Å². The average Bonchev–Trinajstić information content (AvgIpc) is 2.80. The van der Waals surface area contributed by atoms with Crippen LogP contribution < -0.4 is 5.32 Å². The van der Waals surface area contributed by atoms with Gasteiger partial charge in [0, 0.05) is 11.8 Å². The van der Waals surface area contributed by atoms with Crippen LogP contribution in [0.15, 0.2) is 28.8 Å². The molecule has 1 aromatic heterocycles. The largest absolute Gasteiger partial charge is 0.360 e. The molecular formula is C15H18N2O2S. The highest BCUT2D eigenvalue weighted by Crippen LogP contribution is 2.16. The van der Waals surface area contributed by atoms with E-state index < -0.39 is 0 Å². The Balaban J connectivity index is 1.79. The summed E-state index contributed by atoms with van der Waals surface area (Å²) >= 11 is 1.51. The van der Waals surface area contributed by atoms with E-state index in [4.69, 9.17) is 4.52 Å². The summed E-state index contributed by atoms with van der Waals surface area (Å²) in [6.07, 6.45) is 0. The number of hydrogen-bond acceptors (Lipinski definition) is 4. The number of thioether (sulfide) groups is 1. The van der Waals surface area contributed by atoms with Gasteiger partial charge in [-0.1, -0.05) is 11.2 Å². The van der Waals surface area contributed by atoms with Gasteiger partial charge < -0.3 is 9.84 Å². The van der Waals surface area contributed by atoms with E-state index in [0.717, 1.165) is 17.1 Å². The maximum absolute atomic E-state index is 11.8. The van der Waals surface area contributed by atoms with Gasteiger partial charge in [0.2, 0.25) is 5.91 Å². The molecule has 0 saturated heterocycles. The van der Waals surface area contributed by atoms with Crippen molar-refractivity contribution in [2.24, 2.45) is 0 Å². The molecular weight excluding hydrogens is 272 g/mol. The van der Waals surface area contributed by atoms with Gasteiger partial charge in [0.25, 0.3) is 0 Å². The van der Waals surface area contributed by atoms with Crippen LogP contribution in [0.2, 0.25) is 0 Å². The van der Waals surface area contributed by atoms with Gasteiger partial charge in [-0.25, -0.2) is 0 Å². The van der Waals surface area contributed by atoms with E-state index in [9.17, 15) is 4.79 Å². The fourth-order valence-electron chi connectivity index (χ4n) is 1.74. The number of rotatable bonds is 5. The Morgan fingerprint density at radius 3 is 2.70 bits per heavy atom. The van der Waals surface area contributed by atoms with Crippen molar-refractivity contribution < 1.29 is 9.32 Å². The van der Waals surface area contributed by atoms with E-state index in [1.807, 2.05) is 38.1 Å². The number of benzene rings is 1. The first-order chi connectivity index (χ1) is 9.54. The molecule has 4 nitrogen and oxygen atoms in total. The Bertz CT molecular complexity index is 608. The van der Waals surface area contributed by atoms with Gasteiger partial charge in [-0.05, 0) is 44.0 Å². The van der Waals surface area contributed by atoms with Crippen LogP contribution >= 0.6 is 11.8 Å². The third-order valence-corrected chi connectivity index (χ3v) is 3.90. The van der Waals surface area contributed by atoms with E-state index >= 15 is 0 Å². The van der Waals surface area contributed by atoms with Crippen molar-refractivity contribution in [1.82, 2.24) is 5.16 Å². The molecule has 1 amide bonds. The van der Waals surface area contributed by atoms with Crippen molar-refractivity contribution in [3.63, 3.8) is 0 Å². The second-order valence-corrected chi connectivity index (χ2v) is 5.76. The standard InChI is InChI=1S/C15H18N2O2S/c1-10-4-5-13(6-11(10)2)16-15(18)9-20-8-14-7-12(3)17-19-14/h4-7H,8-9H2,1-3H3,(H,16,18). The monoisotopic (exact) mass is 290 g/mol. The molecule has 0 radical (unpaired) electrons. The normalized spacial score (nSPS) is 10.6. The maximum Gasteiger partial charge on any atom is 0.234 e. The van der Waals surface area contributed by atoms with Crippen LogP contribution in [0.3, 0.4) is 0 Å². The van der Waals surface area contributed by atoms with E-state index in [1.165, 1.54) is 22.9 Å². The van der Waals surface area contributed by atoms with E-state index in [0.29, 0.717) is 11.5 Å². The third-order valence-electron chi connectivity index (χ3n) is 2.94. The Kier molecular flexibility index (Phi) is 4.84. The molecule has 0 fully saturated rings. The summed E-state index contributed by atoms with van der Waals surface area (Å²) in [6, 6.07) is 7.80. The topological polar surface area (TPSA) is 55.1 Å². The molecule has 0 saturated carbocycles. The Morgan fingerprint density at radius 1 is 1.25 bits per heavy atom. The molecule has 2 aromatic rings. The Labute approximate surface area is 122 Å². The molecule has 20 heavy (non-hydrogen) atoms. The predicted molar refractivity (Wildman–Crippen MR) is 81.9 cm³/mol. The highest BCUT2D eigenvalue weighted by atomic mass is 32.2. The van der Waals surface area contributed by atoms with Crippen molar-refractivity contribution >= 4 is 23.4 Å². The van der Waals surface area contributed by atoms with E-state index in [1.54, 1.807) is 0 Å². The number of nitrogens with one attached hydrogen (secondary N) is 1. The minimum atomic E-state index is -0.00510. The molecule has 0 bridgehead atoms. The number of hydrogen-bond donors (Lipinski definition) is 1. The van der Waals surface area contributed by atoms with Gasteiger partial charge in [-0.3, -0.25) is 4.79 Å². The summed E-state index contributed by atoms with van der Waals surface area (Å²) in [5.41, 5.74) is 4.10. The van der Waals surface area contributed by atoms with Gasteiger partial charge in [0.15, 0.2) is 0 Å². The molecule has 0 atom stereocenters. The molecule has 5 heteroatoms. The lowest BCUT2D eigenvalue weighted by molar-refractivity contribution is -0.113. The molecule has 0 aliphatic carbocycles. The van der Waals surface area contributed by atoms with Gasteiger partial charge in [-0.2, -0.15) is 0 Å². The lowest BCUT2D eigenvalue weighted by Gasteiger charge is -2.07. The van der Waals surface area contributed by atoms with Crippen LogP contribution in [-0.2, 0) is 10.5 Å². The molecule has 0 aliphatic rings. The Hall–Kier alpha value is -1.75. The smallest absolute Gasteiger partial charge is 0.234 e. The second kappa shape index (κ2) is 6.61. The predicted octanol–water partition coefficient (Wildman–Crippen LogP) is 3.47. The van der Waals surface area contributed by atoms with E-state index in [-0.39, 0.29) is 5.91 Å². The fraction of sp³-hybridized carbons (Fsp3) is 0.333. The highest BCUT2D eigenvalue weighted by molar-refractivity contribution is 7.99. The van der Waals surface area contributed by atoms with Crippen LogP contribution in [0.5, 0.6) is 0 Å². The number of nitrogens with zero attached hydrogens (tertiary/aromatic N) is 1. The number of amides is 1. The number of aryl methyl sites for hydroxylation is 3. The summed E-state index contributed by atoms with van der Waals surface area (Å²) in [5.74, 6) is 1.84. The molecule has 1 aromatic carbocycles. The summed E-state index contributed by atoms with van der Waals surface area (Å²) in [7, 11) is 0. The minimum Gasteiger partial charge on any atom is -0.360 e. The maximum atomic E-state index is 11.8. The minimum absolute atomic E-state index is 0.00510. The van der Waals surface area contributed by atoms with Gasteiger partial charge in [0.1, 0.15) is 5.76 Å². The summed E-state index contributed by atoms with van der Waals surface area (Å²) in [4.78, 5) is 11.8. The fourth-order valence-corrected chi connectivity index (χ4v) is 2.44. The SMILES string of the molecule is Cc1cc(CSCC(=O)Nc2ccc(C)c(C)c2)on1. The molecule has 1 N–H and O–H groups in total. The van der Waals surface area contributed by atoms with Crippen molar-refractivity contribution in [3.05, 3.63) is 46.8 Å². The zero-order valence-electron chi connectivity index (χ0n) is 11.9. The summed E-state index contributed by atoms with van der Waals surface area (Å²) in [6.45, 7) is 5.96. The van der Waals surface area contributed by atoms with Crippen LogP contribution in [0, 0.1) is 20.8 Å². The third kappa shape index (κ3) is 4.13. The number of carbonyl (C=O) groups excluding carboxylic acids is 1. The zero-order valence-corrected chi connectivity index (χ0v) is 12.7.